The first kappa shape index (κ1) is 28.8. The van der Waals surface area contributed by atoms with Crippen LogP contribution in [-0.4, -0.2) is 33.7 Å². The van der Waals surface area contributed by atoms with Crippen LogP contribution >= 0.6 is 0 Å². The number of para-hydroxylation sites is 4. The summed E-state index contributed by atoms with van der Waals surface area (Å²) in [7, 11) is 0. The Balaban J connectivity index is 0.000000850. The molecule has 1 aliphatic heterocycles. The van der Waals surface area contributed by atoms with E-state index in [0.29, 0.717) is 34.0 Å². The molecule has 0 amide bonds. The van der Waals surface area contributed by atoms with Gasteiger partial charge in [0.2, 0.25) is 0 Å². The smallest absolute Gasteiger partial charge is 0.300 e. The molecule has 0 atom stereocenters. The van der Waals surface area contributed by atoms with Gasteiger partial charge in [0.05, 0.1) is 11.4 Å². The van der Waals surface area contributed by atoms with Crippen molar-refractivity contribution in [3.63, 3.8) is 0 Å². The molecule has 0 aromatic heterocycles. The Morgan fingerprint density at radius 2 is 1.06 bits per heavy atom. The summed E-state index contributed by atoms with van der Waals surface area (Å²) in [6.07, 6.45) is 10.6. The first-order chi connectivity index (χ1) is 17.0. The Hall–Kier alpha value is -3.41. The zero-order valence-corrected chi connectivity index (χ0v) is 21.6. The molecule has 1 heterocycles. The van der Waals surface area contributed by atoms with Gasteiger partial charge in [0.25, 0.3) is 5.97 Å². The molecule has 7 heteroatoms. The molecule has 189 valence electrons. The van der Waals surface area contributed by atoms with Crippen LogP contribution in [0, 0.1) is 0 Å². The molecule has 3 aromatic carbocycles. The summed E-state index contributed by atoms with van der Waals surface area (Å²) in [4.78, 5) is 18.2. The Kier molecular flexibility index (Phi) is 11.9. The number of phenols is 2. The maximum absolute atomic E-state index is 10.7. The van der Waals surface area contributed by atoms with Gasteiger partial charge in [0, 0.05) is 47.5 Å². The number of hydrogen-bond donors (Lipinski definition) is 3. The van der Waals surface area contributed by atoms with E-state index in [2.05, 4.69) is 9.98 Å². The maximum Gasteiger partial charge on any atom is 0.300 e. The maximum atomic E-state index is 10.7. The van der Waals surface area contributed by atoms with E-state index in [9.17, 15) is 10.2 Å². The first-order valence-electron chi connectivity index (χ1n) is 11.9. The van der Waals surface area contributed by atoms with Crippen LogP contribution in [0.1, 0.15) is 61.3 Å². The minimum Gasteiger partial charge on any atom is -0.507 e. The Morgan fingerprint density at radius 3 is 1.47 bits per heavy atom. The number of phenolic OH excluding ortho intramolecular Hbond substituents is 2. The van der Waals surface area contributed by atoms with E-state index in [-0.39, 0.29) is 17.1 Å². The van der Waals surface area contributed by atoms with E-state index >= 15 is 0 Å². The number of aliphatic imine (C=N–C) groups is 2. The number of aromatic hydroxyl groups is 2. The molecule has 3 aromatic rings. The Bertz CT molecular complexity index is 1120. The molecule has 0 saturated carbocycles. The van der Waals surface area contributed by atoms with Crippen molar-refractivity contribution in [3.05, 3.63) is 82.9 Å². The van der Waals surface area contributed by atoms with Crippen molar-refractivity contribution in [2.24, 2.45) is 9.98 Å². The fourth-order valence-corrected chi connectivity index (χ4v) is 3.96. The van der Waals surface area contributed by atoms with E-state index < -0.39 is 5.97 Å². The van der Waals surface area contributed by atoms with Crippen molar-refractivity contribution >= 4 is 29.8 Å². The molecule has 0 spiro atoms. The zero-order valence-electron chi connectivity index (χ0n) is 20.4. The van der Waals surface area contributed by atoms with Crippen LogP contribution in [0.4, 0.5) is 11.4 Å². The van der Waals surface area contributed by atoms with Crippen molar-refractivity contribution < 1.29 is 37.2 Å². The van der Waals surface area contributed by atoms with E-state index in [0.717, 1.165) is 63.0 Å². The summed E-state index contributed by atoms with van der Waals surface area (Å²) in [6, 6.07) is 19.3. The van der Waals surface area contributed by atoms with E-state index in [1.165, 1.54) is 0 Å². The summed E-state index contributed by atoms with van der Waals surface area (Å²) in [6.45, 7) is 1.08. The number of aliphatic carboxylic acids is 1. The molecular formula is C29H32MnN2O4. The van der Waals surface area contributed by atoms with Gasteiger partial charge in [-0.25, -0.2) is 0 Å². The van der Waals surface area contributed by atoms with Crippen LogP contribution in [-0.2, 0) is 34.7 Å². The molecule has 1 radical (unpaired) electrons. The van der Waals surface area contributed by atoms with Crippen LogP contribution in [0.2, 0.25) is 0 Å². The van der Waals surface area contributed by atoms with Crippen LogP contribution in [0.3, 0.4) is 0 Å². The second-order valence-corrected chi connectivity index (χ2v) is 8.50. The quantitative estimate of drug-likeness (QED) is 0.282. The topological polar surface area (TPSA) is 102 Å². The molecular weight excluding hydrogens is 495 g/mol. The minimum atomic E-state index is -0.833. The molecule has 4 rings (SSSR count). The van der Waals surface area contributed by atoms with Crippen molar-refractivity contribution in [2.75, 3.05) is 0 Å². The number of fused-ring (bicyclic) bond motifs is 5. The largest absolute Gasteiger partial charge is 0.507 e. The Morgan fingerprint density at radius 1 is 0.667 bits per heavy atom. The van der Waals surface area contributed by atoms with Crippen molar-refractivity contribution in [2.45, 2.75) is 51.9 Å². The summed E-state index contributed by atoms with van der Waals surface area (Å²) in [5.74, 6) is -0.211. The molecule has 0 fully saturated rings. The standard InChI is InChI=1S/C27H28N2O2.C2H4O2.Mn/c30-26-20-10-4-2-1-3-5-11-21-13-9-15-23(27(21)31)19-29-25-17-7-6-16-24(25)28-18-22(26)14-8-12-20;1-2(3)4;/h6-9,12-19,30-31H,1-5,10-11H2;1H3,(H,3,4);. The normalized spacial score (nSPS) is 13.5. The molecule has 1 aliphatic rings. The number of rotatable bonds is 0. The molecule has 0 unspecified atom stereocenters. The van der Waals surface area contributed by atoms with Crippen LogP contribution in [0.15, 0.2) is 70.6 Å². The van der Waals surface area contributed by atoms with Gasteiger partial charge in [-0.2, -0.15) is 0 Å². The minimum absolute atomic E-state index is 0. The predicted octanol–water partition coefficient (Wildman–Crippen LogP) is 6.74. The van der Waals surface area contributed by atoms with Gasteiger partial charge in [-0.15, -0.1) is 0 Å². The Labute approximate surface area is 222 Å². The average Bonchev–Trinajstić information content (AvgIpc) is 2.83. The third-order valence-corrected chi connectivity index (χ3v) is 5.76. The average molecular weight is 528 g/mol. The summed E-state index contributed by atoms with van der Waals surface area (Å²) >= 11 is 0. The van der Waals surface area contributed by atoms with Crippen molar-refractivity contribution in [3.8, 4) is 11.5 Å². The molecule has 6 nitrogen and oxygen atoms in total. The zero-order chi connectivity index (χ0) is 25.0. The monoisotopic (exact) mass is 527 g/mol. The van der Waals surface area contributed by atoms with E-state index in [4.69, 9.17) is 9.90 Å². The SMILES string of the molecule is CC(=O)O.Oc1c2cccc1CCCCCCCc1cccc(c1O)C=Nc1ccccc1N=C2.[Mn]. The fourth-order valence-electron chi connectivity index (χ4n) is 3.96. The van der Waals surface area contributed by atoms with Crippen LogP contribution < -0.4 is 0 Å². The molecule has 3 N–H and O–H groups in total. The third-order valence-electron chi connectivity index (χ3n) is 5.76. The number of carbonyl (C=O) groups is 1. The van der Waals surface area contributed by atoms with E-state index in [1.54, 1.807) is 12.4 Å². The number of hydrogen-bond acceptors (Lipinski definition) is 5. The second-order valence-electron chi connectivity index (χ2n) is 8.50. The van der Waals surface area contributed by atoms with Gasteiger partial charge in [-0.05, 0) is 61.1 Å². The summed E-state index contributed by atoms with van der Waals surface area (Å²) in [5.41, 5.74) is 4.76. The number of benzene rings is 3. The van der Waals surface area contributed by atoms with Gasteiger partial charge in [-0.3, -0.25) is 14.8 Å². The van der Waals surface area contributed by atoms with Gasteiger partial charge in [0.1, 0.15) is 11.5 Å². The molecule has 0 aliphatic carbocycles. The van der Waals surface area contributed by atoms with Gasteiger partial charge < -0.3 is 15.3 Å². The number of nitrogens with zero attached hydrogens (tertiary/aromatic N) is 2. The second kappa shape index (κ2) is 14.9. The van der Waals surface area contributed by atoms with Crippen molar-refractivity contribution in [1.82, 2.24) is 0 Å². The summed E-state index contributed by atoms with van der Waals surface area (Å²) in [5, 5.41) is 28.8. The van der Waals surface area contributed by atoms with Gasteiger partial charge in [-0.1, -0.05) is 55.7 Å². The van der Waals surface area contributed by atoms with Gasteiger partial charge in [0.15, 0.2) is 0 Å². The van der Waals surface area contributed by atoms with Gasteiger partial charge >= 0.3 is 0 Å². The van der Waals surface area contributed by atoms with Crippen LogP contribution in [0.25, 0.3) is 0 Å². The first-order valence-corrected chi connectivity index (χ1v) is 11.9. The number of aryl methyl sites for hydroxylation is 2. The van der Waals surface area contributed by atoms with Crippen LogP contribution in [0.5, 0.6) is 11.5 Å². The molecule has 4 bridgehead atoms. The molecule has 36 heavy (non-hydrogen) atoms. The predicted molar refractivity (Wildman–Crippen MR) is 141 cm³/mol. The molecule has 0 saturated heterocycles. The third kappa shape index (κ3) is 8.67. The number of carboxylic acids is 1. The van der Waals surface area contributed by atoms with E-state index in [1.807, 2.05) is 60.7 Å². The van der Waals surface area contributed by atoms with Crippen molar-refractivity contribution in [1.29, 1.82) is 0 Å². The summed E-state index contributed by atoms with van der Waals surface area (Å²) < 4.78 is 0. The number of carboxylic acid groups (broad SMARTS) is 1. The fraction of sp³-hybridized carbons (Fsp3) is 0.276.